The van der Waals surface area contributed by atoms with E-state index in [0.717, 1.165) is 23.3 Å². The van der Waals surface area contributed by atoms with Gasteiger partial charge in [-0.3, -0.25) is 9.59 Å². The second-order valence-electron chi connectivity index (χ2n) is 7.30. The topological polar surface area (TPSA) is 113 Å². The number of fused-ring (bicyclic) bond motifs is 1. The Labute approximate surface area is 191 Å². The number of allylic oxidation sites excluding steroid dienone is 2. The van der Waals surface area contributed by atoms with Crippen LogP contribution in [0.2, 0.25) is 0 Å². The van der Waals surface area contributed by atoms with E-state index < -0.39 is 11.4 Å². The number of nitrogens with one attached hydrogen (secondary N) is 3. The van der Waals surface area contributed by atoms with Crippen molar-refractivity contribution in [3.05, 3.63) is 92.6 Å². The standard InChI is InChI=1S/C23H17FN6O2S/c24-15-6-5-13(16-11-18(22(31)30-29-16)27-21-7-8-25-12-26-21)9-17(15)28-23(32)20-10-14-3-1-2-4-19(14)33-20/h1-2,5-12H,3-4H2,(H,28,32)(H,30,31)(H,25,26,27,29). The molecule has 0 aliphatic heterocycles. The van der Waals surface area contributed by atoms with Crippen LogP contribution in [0.3, 0.4) is 0 Å². The van der Waals surface area contributed by atoms with Crippen LogP contribution < -0.4 is 16.2 Å². The summed E-state index contributed by atoms with van der Waals surface area (Å²) in [7, 11) is 0. The smallest absolute Gasteiger partial charge is 0.287 e. The number of hydrogen-bond donors (Lipinski definition) is 3. The molecular formula is C23H17FN6O2S. The van der Waals surface area contributed by atoms with Crippen LogP contribution in [-0.4, -0.2) is 26.1 Å². The number of rotatable bonds is 5. The van der Waals surface area contributed by atoms with Gasteiger partial charge in [0, 0.05) is 23.1 Å². The number of thiophene rings is 1. The van der Waals surface area contributed by atoms with Gasteiger partial charge in [0.05, 0.1) is 16.3 Å². The number of anilines is 3. The van der Waals surface area contributed by atoms with E-state index in [1.54, 1.807) is 12.3 Å². The SMILES string of the molecule is O=C(Nc1cc(-c2cc(Nc3ccncn3)c(=O)[nH]n2)ccc1F)c1cc2c(s1)CC=CC2. The van der Waals surface area contributed by atoms with E-state index in [2.05, 4.69) is 43.0 Å². The monoisotopic (exact) mass is 460 g/mol. The van der Waals surface area contributed by atoms with Gasteiger partial charge in [-0.05, 0) is 48.4 Å². The fraction of sp³-hybridized carbons (Fsp3) is 0.0870. The molecule has 4 aromatic rings. The van der Waals surface area contributed by atoms with Crippen LogP contribution in [0.1, 0.15) is 20.1 Å². The number of amides is 1. The number of nitrogens with zero attached hydrogens (tertiary/aromatic N) is 3. The van der Waals surface area contributed by atoms with E-state index in [9.17, 15) is 14.0 Å². The van der Waals surface area contributed by atoms with Gasteiger partial charge in [-0.25, -0.2) is 19.5 Å². The predicted octanol–water partition coefficient (Wildman–Crippen LogP) is 4.08. The number of carbonyl (C=O) groups is 1. The Morgan fingerprint density at radius 2 is 1.97 bits per heavy atom. The maximum Gasteiger partial charge on any atom is 0.287 e. The van der Waals surface area contributed by atoms with Gasteiger partial charge in [0.1, 0.15) is 23.6 Å². The van der Waals surface area contributed by atoms with Gasteiger partial charge < -0.3 is 10.6 Å². The van der Waals surface area contributed by atoms with E-state index in [4.69, 9.17) is 0 Å². The highest BCUT2D eigenvalue weighted by atomic mass is 32.1. The molecule has 8 nitrogen and oxygen atoms in total. The van der Waals surface area contributed by atoms with Gasteiger partial charge in [0.15, 0.2) is 0 Å². The van der Waals surface area contributed by atoms with Crippen LogP contribution in [0.4, 0.5) is 21.6 Å². The molecule has 0 bridgehead atoms. The van der Waals surface area contributed by atoms with Crippen molar-refractivity contribution in [1.82, 2.24) is 20.2 Å². The Balaban J connectivity index is 1.40. The molecule has 0 saturated heterocycles. The number of aromatic nitrogens is 4. The molecule has 0 fully saturated rings. The zero-order valence-corrected chi connectivity index (χ0v) is 17.9. The minimum atomic E-state index is -0.571. The number of benzene rings is 1. The second-order valence-corrected chi connectivity index (χ2v) is 8.44. The molecule has 1 amide bonds. The first-order chi connectivity index (χ1) is 16.1. The maximum atomic E-state index is 14.5. The molecule has 33 heavy (non-hydrogen) atoms. The van der Waals surface area contributed by atoms with Crippen LogP contribution in [-0.2, 0) is 12.8 Å². The van der Waals surface area contributed by atoms with Crippen molar-refractivity contribution in [1.29, 1.82) is 0 Å². The first-order valence-corrected chi connectivity index (χ1v) is 10.9. The molecule has 0 radical (unpaired) electrons. The maximum absolute atomic E-state index is 14.5. The molecular weight excluding hydrogens is 443 g/mol. The Kier molecular flexibility index (Phi) is 5.49. The molecule has 3 N–H and O–H groups in total. The summed E-state index contributed by atoms with van der Waals surface area (Å²) in [4.78, 5) is 34.5. The highest BCUT2D eigenvalue weighted by Crippen LogP contribution is 2.29. The molecule has 0 spiro atoms. The van der Waals surface area contributed by atoms with Crippen molar-refractivity contribution in [2.45, 2.75) is 12.8 Å². The quantitative estimate of drug-likeness (QED) is 0.387. The number of aromatic amines is 1. The first kappa shape index (κ1) is 20.7. The molecule has 0 unspecified atom stereocenters. The average molecular weight is 460 g/mol. The molecule has 10 heteroatoms. The van der Waals surface area contributed by atoms with Crippen LogP contribution in [0.25, 0.3) is 11.3 Å². The van der Waals surface area contributed by atoms with Crippen molar-refractivity contribution in [3.63, 3.8) is 0 Å². The third kappa shape index (κ3) is 4.41. The predicted molar refractivity (Wildman–Crippen MR) is 124 cm³/mol. The summed E-state index contributed by atoms with van der Waals surface area (Å²) in [5, 5.41) is 12.0. The van der Waals surface area contributed by atoms with Gasteiger partial charge in [-0.1, -0.05) is 12.2 Å². The Morgan fingerprint density at radius 3 is 2.79 bits per heavy atom. The molecule has 5 rings (SSSR count). The Hall–Kier alpha value is -4.18. The van der Waals surface area contributed by atoms with Gasteiger partial charge in [0.2, 0.25) is 0 Å². The largest absolute Gasteiger partial charge is 0.336 e. The van der Waals surface area contributed by atoms with Crippen molar-refractivity contribution >= 4 is 34.4 Å². The van der Waals surface area contributed by atoms with Crippen LogP contribution >= 0.6 is 11.3 Å². The van der Waals surface area contributed by atoms with Gasteiger partial charge in [0.25, 0.3) is 11.5 Å². The summed E-state index contributed by atoms with van der Waals surface area (Å²) in [5.74, 6) is -0.501. The van der Waals surface area contributed by atoms with E-state index in [1.807, 2.05) is 6.07 Å². The summed E-state index contributed by atoms with van der Waals surface area (Å²) in [6.07, 6.45) is 8.65. The highest BCUT2D eigenvalue weighted by Gasteiger charge is 2.17. The zero-order valence-electron chi connectivity index (χ0n) is 17.1. The fourth-order valence-electron chi connectivity index (χ4n) is 3.44. The number of halogens is 1. The molecule has 1 aliphatic carbocycles. The van der Waals surface area contributed by atoms with Crippen LogP contribution in [0.15, 0.2) is 65.9 Å². The van der Waals surface area contributed by atoms with Crippen molar-refractivity contribution < 1.29 is 9.18 Å². The molecule has 0 saturated carbocycles. The Bertz CT molecular complexity index is 1410. The minimum Gasteiger partial charge on any atom is -0.336 e. The summed E-state index contributed by atoms with van der Waals surface area (Å²) in [6.45, 7) is 0. The van der Waals surface area contributed by atoms with Crippen molar-refractivity contribution in [2.75, 3.05) is 10.6 Å². The van der Waals surface area contributed by atoms with E-state index in [1.165, 1.54) is 41.9 Å². The van der Waals surface area contributed by atoms with Gasteiger partial charge >= 0.3 is 0 Å². The summed E-state index contributed by atoms with van der Waals surface area (Å²) in [6, 6.07) is 9.25. The van der Waals surface area contributed by atoms with Gasteiger partial charge in [-0.15, -0.1) is 11.3 Å². The highest BCUT2D eigenvalue weighted by molar-refractivity contribution is 7.14. The molecule has 0 atom stereocenters. The average Bonchev–Trinajstić information content (AvgIpc) is 3.27. The van der Waals surface area contributed by atoms with Crippen LogP contribution in [0, 0.1) is 5.82 Å². The normalized spacial score (nSPS) is 12.3. The summed E-state index contributed by atoms with van der Waals surface area (Å²) < 4.78 is 14.5. The molecule has 3 aromatic heterocycles. The third-order valence-electron chi connectivity index (χ3n) is 5.09. The van der Waals surface area contributed by atoms with E-state index >= 15 is 0 Å². The van der Waals surface area contributed by atoms with Crippen molar-refractivity contribution in [2.24, 2.45) is 0 Å². The van der Waals surface area contributed by atoms with E-state index in [0.29, 0.717) is 22.0 Å². The first-order valence-electron chi connectivity index (χ1n) is 10.1. The van der Waals surface area contributed by atoms with Crippen molar-refractivity contribution in [3.8, 4) is 11.3 Å². The second kappa shape index (κ2) is 8.75. The number of carbonyl (C=O) groups excluding carboxylic acids is 1. The van der Waals surface area contributed by atoms with E-state index in [-0.39, 0.29) is 17.3 Å². The summed E-state index contributed by atoms with van der Waals surface area (Å²) in [5.41, 5.74) is 1.83. The lowest BCUT2D eigenvalue weighted by atomic mass is 10.1. The lowest BCUT2D eigenvalue weighted by Crippen LogP contribution is -2.14. The minimum absolute atomic E-state index is 0.0281. The summed E-state index contributed by atoms with van der Waals surface area (Å²) >= 11 is 1.42. The lowest BCUT2D eigenvalue weighted by Gasteiger charge is -2.09. The Morgan fingerprint density at radius 1 is 1.09 bits per heavy atom. The zero-order chi connectivity index (χ0) is 22.8. The third-order valence-corrected chi connectivity index (χ3v) is 6.29. The lowest BCUT2D eigenvalue weighted by molar-refractivity contribution is 0.103. The van der Waals surface area contributed by atoms with Gasteiger partial charge in [-0.2, -0.15) is 5.10 Å². The number of H-pyrrole nitrogens is 1. The van der Waals surface area contributed by atoms with Crippen LogP contribution in [0.5, 0.6) is 0 Å². The molecule has 1 aliphatic rings. The molecule has 3 heterocycles. The fourth-order valence-corrected chi connectivity index (χ4v) is 4.50. The molecule has 164 valence electrons. The number of hydrogen-bond acceptors (Lipinski definition) is 7. The molecule has 1 aromatic carbocycles.